The summed E-state index contributed by atoms with van der Waals surface area (Å²) < 4.78 is 39.3. The lowest BCUT2D eigenvalue weighted by molar-refractivity contribution is -0.0747. The number of methoxy groups -OCH3 is 1. The van der Waals surface area contributed by atoms with Crippen molar-refractivity contribution in [2.24, 2.45) is 5.92 Å². The van der Waals surface area contributed by atoms with Crippen LogP contribution < -0.4 is 16.2 Å². The topological polar surface area (TPSA) is 101 Å². The predicted molar refractivity (Wildman–Crippen MR) is 143 cm³/mol. The van der Waals surface area contributed by atoms with E-state index in [2.05, 4.69) is 20.6 Å². The lowest BCUT2D eigenvalue weighted by atomic mass is 9.87. The van der Waals surface area contributed by atoms with Gasteiger partial charge in [-0.1, -0.05) is 0 Å². The summed E-state index contributed by atoms with van der Waals surface area (Å²) in [6.07, 6.45) is 5.63. The molecular formula is C28H35F2N5O3. The van der Waals surface area contributed by atoms with Crippen LogP contribution in [0.3, 0.4) is 0 Å². The Hall–Kier alpha value is -2.95. The van der Waals surface area contributed by atoms with Gasteiger partial charge >= 0.3 is 0 Å². The van der Waals surface area contributed by atoms with Crippen molar-refractivity contribution in [3.05, 3.63) is 52.2 Å². The summed E-state index contributed by atoms with van der Waals surface area (Å²) in [5.41, 5.74) is 3.83. The molecule has 3 aromatic rings. The minimum Gasteiger partial charge on any atom is -0.378 e. The number of ether oxygens (including phenoxy) is 2. The number of rotatable bonds is 7. The van der Waals surface area contributed by atoms with E-state index in [0.29, 0.717) is 49.4 Å². The fraction of sp³-hybridized carbons (Fsp3) is 0.536. The molecule has 10 heteroatoms. The lowest BCUT2D eigenvalue weighted by Gasteiger charge is -2.39. The molecule has 2 aliphatic rings. The smallest absolute Gasteiger partial charge is 0.251 e. The van der Waals surface area contributed by atoms with Gasteiger partial charge in [0.2, 0.25) is 5.92 Å². The van der Waals surface area contributed by atoms with Crippen LogP contribution in [0.5, 0.6) is 0 Å². The SMILES string of the molecule is COC1CNCC(OCC2CCC(F)(F)CC2)C1Nc1ncc(-c2cncc(C)c2)c2cc(C)c(=O)[nH]c12. The maximum atomic E-state index is 13.6. The highest BCUT2D eigenvalue weighted by Gasteiger charge is 2.38. The van der Waals surface area contributed by atoms with E-state index in [-0.39, 0.29) is 42.6 Å². The molecule has 3 N–H and O–H groups in total. The molecule has 4 heterocycles. The molecule has 2 fully saturated rings. The van der Waals surface area contributed by atoms with E-state index in [0.717, 1.165) is 22.1 Å². The van der Waals surface area contributed by atoms with Crippen molar-refractivity contribution in [1.29, 1.82) is 0 Å². The summed E-state index contributed by atoms with van der Waals surface area (Å²) in [4.78, 5) is 24.7. The van der Waals surface area contributed by atoms with E-state index < -0.39 is 5.92 Å². The number of piperidine rings is 1. The van der Waals surface area contributed by atoms with Gasteiger partial charge in [-0.2, -0.15) is 0 Å². The van der Waals surface area contributed by atoms with Gasteiger partial charge in [0.15, 0.2) is 5.82 Å². The summed E-state index contributed by atoms with van der Waals surface area (Å²) >= 11 is 0. The zero-order valence-corrected chi connectivity index (χ0v) is 22.0. The fourth-order valence-corrected chi connectivity index (χ4v) is 5.46. The number of halogens is 2. The number of anilines is 1. The Morgan fingerprint density at radius 2 is 1.87 bits per heavy atom. The van der Waals surface area contributed by atoms with Crippen LogP contribution in [-0.4, -0.2) is 65.9 Å². The average Bonchev–Trinajstić information content (AvgIpc) is 2.89. The van der Waals surface area contributed by atoms with Crippen molar-refractivity contribution in [1.82, 2.24) is 20.3 Å². The number of fused-ring (bicyclic) bond motifs is 1. The van der Waals surface area contributed by atoms with Gasteiger partial charge in [-0.05, 0) is 50.3 Å². The second kappa shape index (κ2) is 11.0. The number of hydrogen-bond acceptors (Lipinski definition) is 7. The van der Waals surface area contributed by atoms with Gasteiger partial charge in [-0.3, -0.25) is 9.78 Å². The minimum atomic E-state index is -2.56. The molecule has 0 bridgehead atoms. The number of nitrogens with zero attached hydrogens (tertiary/aromatic N) is 2. The summed E-state index contributed by atoms with van der Waals surface area (Å²) in [5, 5.41) is 7.71. The van der Waals surface area contributed by atoms with Gasteiger partial charge in [0, 0.05) is 80.3 Å². The Labute approximate surface area is 220 Å². The standard InChI is InChI=1S/C28H35F2N5O3/c1-16-8-19(11-31-10-16)21-12-33-26(24-20(21)9-17(2)27(36)35-24)34-25-22(37-3)13-32-14-23(25)38-15-18-4-6-28(29,30)7-5-18/h8-12,18,22-23,25,32H,4-7,13-15H2,1-3H3,(H,33,34)(H,35,36). The molecule has 3 atom stereocenters. The summed E-state index contributed by atoms with van der Waals surface area (Å²) in [5.74, 6) is -1.92. The van der Waals surface area contributed by atoms with Crippen molar-refractivity contribution < 1.29 is 18.3 Å². The molecule has 3 unspecified atom stereocenters. The van der Waals surface area contributed by atoms with Crippen LogP contribution in [0.15, 0.2) is 35.5 Å². The Morgan fingerprint density at radius 1 is 1.11 bits per heavy atom. The molecule has 5 rings (SSSR count). The van der Waals surface area contributed by atoms with Gasteiger partial charge in [-0.15, -0.1) is 0 Å². The van der Waals surface area contributed by atoms with Crippen molar-refractivity contribution >= 4 is 16.7 Å². The third-order valence-electron chi connectivity index (χ3n) is 7.74. The zero-order chi connectivity index (χ0) is 26.9. The molecule has 38 heavy (non-hydrogen) atoms. The predicted octanol–water partition coefficient (Wildman–Crippen LogP) is 4.21. The lowest BCUT2D eigenvalue weighted by Crippen LogP contribution is -2.58. The fourth-order valence-electron chi connectivity index (χ4n) is 5.46. The second-order valence-corrected chi connectivity index (χ2v) is 10.6. The van der Waals surface area contributed by atoms with Crippen molar-refractivity contribution in [3.63, 3.8) is 0 Å². The zero-order valence-electron chi connectivity index (χ0n) is 22.0. The number of alkyl halides is 2. The molecule has 204 valence electrons. The number of aromatic amines is 1. The molecule has 0 aromatic carbocycles. The van der Waals surface area contributed by atoms with Crippen LogP contribution in [0.2, 0.25) is 0 Å². The van der Waals surface area contributed by atoms with E-state index >= 15 is 0 Å². The highest BCUT2D eigenvalue weighted by atomic mass is 19.3. The van der Waals surface area contributed by atoms with Gasteiger partial charge in [-0.25, -0.2) is 13.8 Å². The van der Waals surface area contributed by atoms with E-state index in [9.17, 15) is 13.6 Å². The quantitative estimate of drug-likeness (QED) is 0.423. The van der Waals surface area contributed by atoms with E-state index in [4.69, 9.17) is 14.5 Å². The number of pyridine rings is 3. The summed E-state index contributed by atoms with van der Waals surface area (Å²) in [6.45, 7) is 5.38. The monoisotopic (exact) mass is 527 g/mol. The average molecular weight is 528 g/mol. The Kier molecular flexibility index (Phi) is 7.74. The van der Waals surface area contributed by atoms with Crippen LogP contribution >= 0.6 is 0 Å². The van der Waals surface area contributed by atoms with Gasteiger partial charge < -0.3 is 25.1 Å². The molecule has 8 nitrogen and oxygen atoms in total. The molecule has 1 saturated carbocycles. The van der Waals surface area contributed by atoms with Crippen molar-refractivity contribution in [3.8, 4) is 11.1 Å². The van der Waals surface area contributed by atoms with Crippen LogP contribution in [0, 0.1) is 19.8 Å². The van der Waals surface area contributed by atoms with E-state index in [1.54, 1.807) is 32.6 Å². The van der Waals surface area contributed by atoms with Gasteiger partial charge in [0.05, 0.1) is 23.8 Å². The molecule has 0 amide bonds. The third kappa shape index (κ3) is 5.72. The number of hydrogen-bond donors (Lipinski definition) is 3. The van der Waals surface area contributed by atoms with Crippen LogP contribution in [0.4, 0.5) is 14.6 Å². The first-order valence-electron chi connectivity index (χ1n) is 13.2. The number of H-pyrrole nitrogens is 1. The van der Waals surface area contributed by atoms with Crippen molar-refractivity contribution in [2.45, 2.75) is 63.7 Å². The van der Waals surface area contributed by atoms with Gasteiger partial charge in [0.1, 0.15) is 0 Å². The normalized spacial score (nSPS) is 24.0. The Balaban J connectivity index is 1.44. The number of nitrogens with one attached hydrogen (secondary N) is 3. The molecule has 1 aliphatic carbocycles. The van der Waals surface area contributed by atoms with Gasteiger partial charge in [0.25, 0.3) is 5.56 Å². The second-order valence-electron chi connectivity index (χ2n) is 10.6. The van der Waals surface area contributed by atoms with E-state index in [1.165, 1.54) is 0 Å². The van der Waals surface area contributed by atoms with Crippen LogP contribution in [0.1, 0.15) is 36.8 Å². The minimum absolute atomic E-state index is 0.0855. The molecule has 1 saturated heterocycles. The maximum absolute atomic E-state index is 13.6. The third-order valence-corrected chi connectivity index (χ3v) is 7.74. The first-order valence-corrected chi connectivity index (χ1v) is 13.2. The Bertz CT molecular complexity index is 1340. The molecule has 3 aromatic heterocycles. The Morgan fingerprint density at radius 3 is 2.61 bits per heavy atom. The van der Waals surface area contributed by atoms with E-state index in [1.807, 2.05) is 19.1 Å². The molecule has 1 aliphatic heterocycles. The maximum Gasteiger partial charge on any atom is 0.251 e. The summed E-state index contributed by atoms with van der Waals surface area (Å²) in [6, 6.07) is 3.65. The first kappa shape index (κ1) is 26.6. The van der Waals surface area contributed by atoms with Crippen LogP contribution in [0.25, 0.3) is 22.0 Å². The highest BCUT2D eigenvalue weighted by Crippen LogP contribution is 2.37. The number of aryl methyl sites for hydroxylation is 2. The number of aromatic nitrogens is 3. The summed E-state index contributed by atoms with van der Waals surface area (Å²) in [7, 11) is 1.65. The van der Waals surface area contributed by atoms with Crippen molar-refractivity contribution in [2.75, 3.05) is 32.1 Å². The largest absolute Gasteiger partial charge is 0.378 e. The molecular weight excluding hydrogens is 492 g/mol. The molecule has 0 radical (unpaired) electrons. The first-order chi connectivity index (χ1) is 18.2. The molecule has 0 spiro atoms. The highest BCUT2D eigenvalue weighted by molar-refractivity contribution is 5.99. The van der Waals surface area contributed by atoms with Crippen LogP contribution in [-0.2, 0) is 9.47 Å².